The maximum Gasteiger partial charge on any atom is 0.0697 e. The molecule has 2 nitrogen and oxygen atoms in total. The van der Waals surface area contributed by atoms with Gasteiger partial charge in [0.25, 0.3) is 0 Å². The Morgan fingerprint density at radius 3 is 2.53 bits per heavy atom. The highest BCUT2D eigenvalue weighted by atomic mass is 16.5. The van der Waals surface area contributed by atoms with Gasteiger partial charge >= 0.3 is 0 Å². The molecule has 0 amide bonds. The van der Waals surface area contributed by atoms with Crippen LogP contribution in [0.5, 0.6) is 0 Å². The molecule has 2 rings (SSSR count). The third-order valence-electron chi connectivity index (χ3n) is 4.44. The zero-order chi connectivity index (χ0) is 12.0. The van der Waals surface area contributed by atoms with Gasteiger partial charge in [0.2, 0.25) is 0 Å². The van der Waals surface area contributed by atoms with E-state index in [-0.39, 0.29) is 5.60 Å². The van der Waals surface area contributed by atoms with Crippen molar-refractivity contribution in [1.29, 1.82) is 0 Å². The molecule has 2 aliphatic rings. The molecule has 1 spiro atoms. The third-order valence-corrected chi connectivity index (χ3v) is 4.44. The van der Waals surface area contributed by atoms with Crippen LogP contribution >= 0.6 is 0 Å². The Labute approximate surface area is 107 Å². The van der Waals surface area contributed by atoms with Crippen LogP contribution in [-0.4, -0.2) is 24.8 Å². The van der Waals surface area contributed by atoms with Crippen molar-refractivity contribution in [3.63, 3.8) is 0 Å². The second-order valence-corrected chi connectivity index (χ2v) is 5.94. The lowest BCUT2D eigenvalue weighted by atomic mass is 9.80. The zero-order valence-electron chi connectivity index (χ0n) is 11.5. The van der Waals surface area contributed by atoms with Gasteiger partial charge in [0.1, 0.15) is 0 Å². The minimum atomic E-state index is 0.240. The molecule has 0 radical (unpaired) electrons. The molecule has 0 bridgehead atoms. The van der Waals surface area contributed by atoms with E-state index in [1.54, 1.807) is 0 Å². The van der Waals surface area contributed by atoms with E-state index in [2.05, 4.69) is 12.2 Å². The fourth-order valence-electron chi connectivity index (χ4n) is 3.45. The standard InChI is InChI=1S/C15H29NO/c1-2-11-16-14-8-12-17-15(13-14)9-6-4-3-5-7-10-15/h14,16H,2-13H2,1H3. The van der Waals surface area contributed by atoms with Gasteiger partial charge < -0.3 is 10.1 Å². The smallest absolute Gasteiger partial charge is 0.0697 e. The summed E-state index contributed by atoms with van der Waals surface area (Å²) in [6.07, 6.45) is 13.3. The maximum atomic E-state index is 6.21. The predicted octanol–water partition coefficient (Wildman–Crippen LogP) is 3.65. The van der Waals surface area contributed by atoms with Crippen molar-refractivity contribution in [1.82, 2.24) is 5.32 Å². The quantitative estimate of drug-likeness (QED) is 0.811. The van der Waals surface area contributed by atoms with E-state index in [9.17, 15) is 0 Å². The van der Waals surface area contributed by atoms with E-state index < -0.39 is 0 Å². The summed E-state index contributed by atoms with van der Waals surface area (Å²) in [6, 6.07) is 0.711. The zero-order valence-corrected chi connectivity index (χ0v) is 11.5. The highest BCUT2D eigenvalue weighted by molar-refractivity contribution is 4.90. The molecule has 1 atom stereocenters. The SMILES string of the molecule is CCCNC1CCOC2(CCCCCCC2)C1. The van der Waals surface area contributed by atoms with Crippen molar-refractivity contribution in [2.24, 2.45) is 0 Å². The van der Waals surface area contributed by atoms with Crippen LogP contribution in [0.1, 0.15) is 71.1 Å². The van der Waals surface area contributed by atoms with Gasteiger partial charge in [-0.1, -0.05) is 39.0 Å². The molecule has 1 heterocycles. The summed E-state index contributed by atoms with van der Waals surface area (Å²) in [5.74, 6) is 0. The van der Waals surface area contributed by atoms with Crippen LogP contribution in [0.25, 0.3) is 0 Å². The third kappa shape index (κ3) is 3.96. The molecule has 0 aromatic heterocycles. The monoisotopic (exact) mass is 239 g/mol. The molecule has 1 saturated heterocycles. The second kappa shape index (κ2) is 6.75. The van der Waals surface area contributed by atoms with Gasteiger partial charge in [-0.3, -0.25) is 0 Å². The molecule has 2 heteroatoms. The van der Waals surface area contributed by atoms with Gasteiger partial charge in [-0.2, -0.15) is 0 Å². The van der Waals surface area contributed by atoms with Crippen molar-refractivity contribution in [2.45, 2.75) is 82.8 Å². The fraction of sp³-hybridized carbons (Fsp3) is 1.00. The molecule has 1 N–H and O–H groups in total. The van der Waals surface area contributed by atoms with E-state index in [1.807, 2.05) is 0 Å². The first-order valence-electron chi connectivity index (χ1n) is 7.72. The second-order valence-electron chi connectivity index (χ2n) is 5.94. The highest BCUT2D eigenvalue weighted by Crippen LogP contribution is 2.36. The average Bonchev–Trinajstić information content (AvgIpc) is 2.33. The van der Waals surface area contributed by atoms with Gasteiger partial charge in [-0.05, 0) is 38.6 Å². The van der Waals surface area contributed by atoms with Crippen LogP contribution in [0.15, 0.2) is 0 Å². The van der Waals surface area contributed by atoms with Crippen LogP contribution in [0.4, 0.5) is 0 Å². The van der Waals surface area contributed by atoms with Crippen molar-refractivity contribution < 1.29 is 4.74 Å². The Bertz CT molecular complexity index is 209. The molecule has 17 heavy (non-hydrogen) atoms. The first-order chi connectivity index (χ1) is 8.35. The highest BCUT2D eigenvalue weighted by Gasteiger charge is 2.36. The van der Waals surface area contributed by atoms with Crippen LogP contribution < -0.4 is 5.32 Å². The van der Waals surface area contributed by atoms with Crippen LogP contribution in [0.3, 0.4) is 0 Å². The van der Waals surface area contributed by atoms with Crippen molar-refractivity contribution in [2.75, 3.05) is 13.2 Å². The molecule has 100 valence electrons. The molecule has 0 aromatic rings. The van der Waals surface area contributed by atoms with Crippen molar-refractivity contribution in [3.8, 4) is 0 Å². The summed E-state index contributed by atoms with van der Waals surface area (Å²) >= 11 is 0. The van der Waals surface area contributed by atoms with E-state index in [0.717, 1.165) is 6.61 Å². The predicted molar refractivity (Wildman–Crippen MR) is 72.3 cm³/mol. The lowest BCUT2D eigenvalue weighted by molar-refractivity contribution is -0.103. The Balaban J connectivity index is 1.87. The summed E-state index contributed by atoms with van der Waals surface area (Å²) in [5, 5.41) is 3.70. The van der Waals surface area contributed by atoms with Crippen LogP contribution in [0.2, 0.25) is 0 Å². The van der Waals surface area contributed by atoms with E-state index in [4.69, 9.17) is 4.74 Å². The molecule has 1 saturated carbocycles. The number of ether oxygens (including phenoxy) is 1. The van der Waals surface area contributed by atoms with Crippen molar-refractivity contribution >= 4 is 0 Å². The molecular formula is C15H29NO. The summed E-state index contributed by atoms with van der Waals surface area (Å²) in [7, 11) is 0. The minimum absolute atomic E-state index is 0.240. The average molecular weight is 239 g/mol. The molecule has 0 aromatic carbocycles. The molecular weight excluding hydrogens is 210 g/mol. The normalized spacial score (nSPS) is 29.8. The fourth-order valence-corrected chi connectivity index (χ4v) is 3.45. The van der Waals surface area contributed by atoms with E-state index in [0.29, 0.717) is 6.04 Å². The van der Waals surface area contributed by atoms with E-state index in [1.165, 1.54) is 70.8 Å². The molecule has 1 unspecified atom stereocenters. The van der Waals surface area contributed by atoms with Crippen LogP contribution in [0, 0.1) is 0 Å². The largest absolute Gasteiger partial charge is 0.375 e. The number of hydrogen-bond acceptors (Lipinski definition) is 2. The van der Waals surface area contributed by atoms with Gasteiger partial charge in [-0.15, -0.1) is 0 Å². The first-order valence-corrected chi connectivity index (χ1v) is 7.72. The van der Waals surface area contributed by atoms with Gasteiger partial charge in [0.05, 0.1) is 5.60 Å². The summed E-state index contributed by atoms with van der Waals surface area (Å²) in [4.78, 5) is 0. The summed E-state index contributed by atoms with van der Waals surface area (Å²) in [5.41, 5.74) is 0.240. The Hall–Kier alpha value is -0.0800. The topological polar surface area (TPSA) is 21.3 Å². The number of nitrogens with one attached hydrogen (secondary N) is 1. The summed E-state index contributed by atoms with van der Waals surface area (Å²) < 4.78 is 6.21. The maximum absolute atomic E-state index is 6.21. The minimum Gasteiger partial charge on any atom is -0.375 e. The number of rotatable bonds is 3. The first kappa shape index (κ1) is 13.4. The number of hydrogen-bond donors (Lipinski definition) is 1. The van der Waals surface area contributed by atoms with Gasteiger partial charge in [-0.25, -0.2) is 0 Å². The Morgan fingerprint density at radius 2 is 1.82 bits per heavy atom. The molecule has 2 fully saturated rings. The molecule has 1 aliphatic carbocycles. The van der Waals surface area contributed by atoms with Crippen molar-refractivity contribution in [3.05, 3.63) is 0 Å². The Morgan fingerprint density at radius 1 is 1.12 bits per heavy atom. The van der Waals surface area contributed by atoms with Gasteiger partial charge in [0.15, 0.2) is 0 Å². The lowest BCUT2D eigenvalue weighted by Gasteiger charge is -2.42. The molecule has 1 aliphatic heterocycles. The van der Waals surface area contributed by atoms with E-state index >= 15 is 0 Å². The van der Waals surface area contributed by atoms with Gasteiger partial charge in [0, 0.05) is 12.6 Å². The summed E-state index contributed by atoms with van der Waals surface area (Å²) in [6.45, 7) is 4.39. The Kier molecular flexibility index (Phi) is 5.30. The lowest BCUT2D eigenvalue weighted by Crippen LogP contribution is -2.47. The van der Waals surface area contributed by atoms with Crippen LogP contribution in [-0.2, 0) is 4.74 Å².